The van der Waals surface area contributed by atoms with Gasteiger partial charge in [0.15, 0.2) is 0 Å². The van der Waals surface area contributed by atoms with Crippen LogP contribution in [0.4, 0.5) is 13.2 Å². The minimum atomic E-state index is -4.20. The lowest BCUT2D eigenvalue weighted by Crippen LogP contribution is -2.16. The highest BCUT2D eigenvalue weighted by atomic mass is 79.9. The second-order valence-electron chi connectivity index (χ2n) is 3.64. The summed E-state index contributed by atoms with van der Waals surface area (Å²) in [6.07, 6.45) is -6.10. The van der Waals surface area contributed by atoms with E-state index in [1.807, 2.05) is 6.07 Å². The average molecular weight is 297 g/mol. The maximum Gasteiger partial charge on any atom is 0.389 e. The van der Waals surface area contributed by atoms with E-state index in [9.17, 15) is 18.3 Å². The standard InChI is InChI=1S/C11H12BrF3O/c12-9-3-1-2-8(6-9)7-10(16)4-5-11(13,14)15/h1-3,6,10,16H,4-5,7H2. The summed E-state index contributed by atoms with van der Waals surface area (Å²) in [5, 5.41) is 9.44. The van der Waals surface area contributed by atoms with Crippen molar-refractivity contribution < 1.29 is 18.3 Å². The van der Waals surface area contributed by atoms with Gasteiger partial charge in [-0.05, 0) is 30.5 Å². The van der Waals surface area contributed by atoms with E-state index < -0.39 is 18.7 Å². The van der Waals surface area contributed by atoms with Gasteiger partial charge in [-0.3, -0.25) is 0 Å². The molecule has 0 fully saturated rings. The van der Waals surface area contributed by atoms with E-state index in [0.717, 1.165) is 10.0 Å². The molecular formula is C11H12BrF3O. The summed E-state index contributed by atoms with van der Waals surface area (Å²) in [6, 6.07) is 7.18. The van der Waals surface area contributed by atoms with Gasteiger partial charge in [-0.2, -0.15) is 13.2 Å². The predicted molar refractivity (Wildman–Crippen MR) is 59.1 cm³/mol. The van der Waals surface area contributed by atoms with E-state index in [2.05, 4.69) is 15.9 Å². The Kier molecular flexibility index (Phi) is 4.80. The zero-order valence-corrected chi connectivity index (χ0v) is 10.1. The molecule has 0 aliphatic heterocycles. The van der Waals surface area contributed by atoms with Gasteiger partial charge in [-0.1, -0.05) is 28.1 Å². The Balaban J connectivity index is 2.43. The number of hydrogen-bond acceptors (Lipinski definition) is 1. The Morgan fingerprint density at radius 2 is 2.00 bits per heavy atom. The third kappa shape index (κ3) is 5.51. The molecule has 0 aliphatic carbocycles. The van der Waals surface area contributed by atoms with Crippen molar-refractivity contribution in [3.8, 4) is 0 Å². The van der Waals surface area contributed by atoms with Crippen molar-refractivity contribution in [2.75, 3.05) is 0 Å². The Morgan fingerprint density at radius 3 is 2.56 bits per heavy atom. The number of aliphatic hydroxyl groups excluding tert-OH is 1. The molecule has 0 heterocycles. The molecular weight excluding hydrogens is 285 g/mol. The fourth-order valence-electron chi connectivity index (χ4n) is 1.37. The summed E-state index contributed by atoms with van der Waals surface area (Å²) in [5.74, 6) is 0. The van der Waals surface area contributed by atoms with Crippen molar-refractivity contribution >= 4 is 15.9 Å². The maximum atomic E-state index is 11.9. The second-order valence-corrected chi connectivity index (χ2v) is 4.56. The summed E-state index contributed by atoms with van der Waals surface area (Å²) < 4.78 is 36.6. The highest BCUT2D eigenvalue weighted by molar-refractivity contribution is 9.10. The van der Waals surface area contributed by atoms with Crippen molar-refractivity contribution in [3.05, 3.63) is 34.3 Å². The van der Waals surface area contributed by atoms with Gasteiger partial charge in [0.05, 0.1) is 6.10 Å². The summed E-state index contributed by atoms with van der Waals surface area (Å²) >= 11 is 3.26. The van der Waals surface area contributed by atoms with Crippen LogP contribution in [0.5, 0.6) is 0 Å². The molecule has 0 bridgehead atoms. The van der Waals surface area contributed by atoms with Crippen molar-refractivity contribution in [1.29, 1.82) is 0 Å². The van der Waals surface area contributed by atoms with Crippen LogP contribution in [0.1, 0.15) is 18.4 Å². The molecule has 1 rings (SSSR count). The van der Waals surface area contributed by atoms with Crippen LogP contribution in [0, 0.1) is 0 Å². The number of halogens is 4. The molecule has 1 aromatic rings. The van der Waals surface area contributed by atoms with E-state index in [0.29, 0.717) is 0 Å². The van der Waals surface area contributed by atoms with Crippen LogP contribution in [0.3, 0.4) is 0 Å². The average Bonchev–Trinajstić information content (AvgIpc) is 2.14. The molecule has 0 saturated heterocycles. The minimum absolute atomic E-state index is 0.246. The largest absolute Gasteiger partial charge is 0.393 e. The van der Waals surface area contributed by atoms with Crippen LogP contribution >= 0.6 is 15.9 Å². The Morgan fingerprint density at radius 1 is 1.31 bits per heavy atom. The zero-order chi connectivity index (χ0) is 12.2. The molecule has 0 aromatic heterocycles. The van der Waals surface area contributed by atoms with Crippen molar-refractivity contribution in [3.63, 3.8) is 0 Å². The number of benzene rings is 1. The quantitative estimate of drug-likeness (QED) is 0.898. The van der Waals surface area contributed by atoms with Crippen LogP contribution in [-0.2, 0) is 6.42 Å². The molecule has 0 saturated carbocycles. The van der Waals surface area contributed by atoms with E-state index in [-0.39, 0.29) is 12.8 Å². The van der Waals surface area contributed by atoms with Crippen LogP contribution in [0.15, 0.2) is 28.7 Å². The SMILES string of the molecule is OC(CCC(F)(F)F)Cc1cccc(Br)c1. The third-order valence-corrected chi connectivity index (χ3v) is 2.61. The molecule has 1 unspecified atom stereocenters. The van der Waals surface area contributed by atoms with Gasteiger partial charge in [0.1, 0.15) is 0 Å². The second kappa shape index (κ2) is 5.68. The number of alkyl halides is 3. The first-order valence-electron chi connectivity index (χ1n) is 4.86. The molecule has 16 heavy (non-hydrogen) atoms. The summed E-state index contributed by atoms with van der Waals surface area (Å²) in [7, 11) is 0. The molecule has 0 radical (unpaired) electrons. The van der Waals surface area contributed by atoms with Gasteiger partial charge in [-0.15, -0.1) is 0 Å². The van der Waals surface area contributed by atoms with Crippen molar-refractivity contribution in [1.82, 2.24) is 0 Å². The lowest BCUT2D eigenvalue weighted by atomic mass is 10.0. The number of aliphatic hydroxyl groups is 1. The van der Waals surface area contributed by atoms with Gasteiger partial charge in [0, 0.05) is 10.9 Å². The summed E-state index contributed by atoms with van der Waals surface area (Å²) in [6.45, 7) is 0. The fourth-order valence-corrected chi connectivity index (χ4v) is 1.81. The molecule has 90 valence electrons. The molecule has 1 atom stereocenters. The highest BCUT2D eigenvalue weighted by Crippen LogP contribution is 2.23. The molecule has 0 amide bonds. The minimum Gasteiger partial charge on any atom is -0.393 e. The summed E-state index contributed by atoms with van der Waals surface area (Å²) in [4.78, 5) is 0. The van der Waals surface area contributed by atoms with Crippen molar-refractivity contribution in [2.45, 2.75) is 31.5 Å². The van der Waals surface area contributed by atoms with E-state index in [1.54, 1.807) is 18.2 Å². The zero-order valence-electron chi connectivity index (χ0n) is 8.47. The van der Waals surface area contributed by atoms with E-state index >= 15 is 0 Å². The number of rotatable bonds is 4. The van der Waals surface area contributed by atoms with Gasteiger partial charge in [0.25, 0.3) is 0 Å². The van der Waals surface area contributed by atoms with E-state index in [1.165, 1.54) is 0 Å². The molecule has 5 heteroatoms. The fraction of sp³-hybridized carbons (Fsp3) is 0.455. The number of hydrogen-bond donors (Lipinski definition) is 1. The highest BCUT2D eigenvalue weighted by Gasteiger charge is 2.27. The third-order valence-electron chi connectivity index (χ3n) is 2.12. The van der Waals surface area contributed by atoms with E-state index in [4.69, 9.17) is 0 Å². The maximum absolute atomic E-state index is 11.9. The lowest BCUT2D eigenvalue weighted by Gasteiger charge is -2.12. The van der Waals surface area contributed by atoms with Gasteiger partial charge >= 0.3 is 6.18 Å². The molecule has 0 spiro atoms. The normalized spacial score (nSPS) is 13.8. The van der Waals surface area contributed by atoms with Crippen LogP contribution in [0.25, 0.3) is 0 Å². The Hall–Kier alpha value is -0.550. The van der Waals surface area contributed by atoms with Crippen LogP contribution in [-0.4, -0.2) is 17.4 Å². The van der Waals surface area contributed by atoms with Crippen LogP contribution in [0.2, 0.25) is 0 Å². The van der Waals surface area contributed by atoms with Gasteiger partial charge in [0.2, 0.25) is 0 Å². The monoisotopic (exact) mass is 296 g/mol. The first-order chi connectivity index (χ1) is 7.37. The Bertz CT molecular complexity index is 338. The van der Waals surface area contributed by atoms with Crippen molar-refractivity contribution in [2.24, 2.45) is 0 Å². The Labute approximate surface area is 100 Å². The predicted octanol–water partition coefficient (Wildman–Crippen LogP) is 3.70. The van der Waals surface area contributed by atoms with Gasteiger partial charge in [-0.25, -0.2) is 0 Å². The first kappa shape index (κ1) is 13.5. The molecule has 1 nitrogen and oxygen atoms in total. The lowest BCUT2D eigenvalue weighted by molar-refractivity contribution is -0.139. The van der Waals surface area contributed by atoms with Crippen LogP contribution < -0.4 is 0 Å². The smallest absolute Gasteiger partial charge is 0.389 e. The first-order valence-corrected chi connectivity index (χ1v) is 5.65. The molecule has 1 aromatic carbocycles. The summed E-state index contributed by atoms with van der Waals surface area (Å²) in [5.41, 5.74) is 0.823. The van der Waals surface area contributed by atoms with Gasteiger partial charge < -0.3 is 5.11 Å². The molecule has 1 N–H and O–H groups in total. The molecule has 0 aliphatic rings. The topological polar surface area (TPSA) is 20.2 Å².